The second-order valence-electron chi connectivity index (χ2n) is 8.33. The molecule has 0 radical (unpaired) electrons. The lowest BCUT2D eigenvalue weighted by Crippen LogP contribution is -2.24. The van der Waals surface area contributed by atoms with Gasteiger partial charge in [-0.3, -0.25) is 19.6 Å². The van der Waals surface area contributed by atoms with Gasteiger partial charge in [-0.1, -0.05) is 31.9 Å². The number of carbonyl (C=O) groups excluding carboxylic acids is 2. The Morgan fingerprint density at radius 2 is 1.79 bits per heavy atom. The van der Waals surface area contributed by atoms with Crippen molar-refractivity contribution in [2.24, 2.45) is 0 Å². The van der Waals surface area contributed by atoms with E-state index in [1.54, 1.807) is 10.0 Å². The number of hydrogen-bond acceptors (Lipinski definition) is 4. The van der Waals surface area contributed by atoms with Crippen LogP contribution < -0.4 is 16.2 Å². The summed E-state index contributed by atoms with van der Waals surface area (Å²) >= 11 is 0. The van der Waals surface area contributed by atoms with Gasteiger partial charge in [0.1, 0.15) is 11.4 Å². The summed E-state index contributed by atoms with van der Waals surface area (Å²) in [7, 11) is 0. The van der Waals surface area contributed by atoms with E-state index in [0.717, 1.165) is 25.3 Å². The van der Waals surface area contributed by atoms with E-state index in [-0.39, 0.29) is 17.4 Å². The van der Waals surface area contributed by atoms with E-state index < -0.39 is 23.1 Å². The standard InChI is InChI=1S/C26H30FN3O4/c1-2-3-7-18-9-12-20(13-10-18)28-26(33)22-17-30(15-6-4-5-8-24(31)29-34)23-14-11-19(27)16-21(23)25(22)32/h9-14,16-17,34H,2-8,15H2,1H3,(H,28,33)(H,29,31). The molecule has 0 fully saturated rings. The van der Waals surface area contributed by atoms with Gasteiger partial charge >= 0.3 is 0 Å². The first-order valence-electron chi connectivity index (χ1n) is 11.6. The minimum absolute atomic E-state index is 0.0622. The molecule has 1 aromatic heterocycles. The van der Waals surface area contributed by atoms with E-state index in [1.807, 2.05) is 24.3 Å². The molecule has 0 aliphatic heterocycles. The number of benzene rings is 2. The summed E-state index contributed by atoms with van der Waals surface area (Å²) in [6.45, 7) is 2.61. The molecule has 0 saturated heterocycles. The Morgan fingerprint density at radius 1 is 1.03 bits per heavy atom. The fourth-order valence-electron chi connectivity index (χ4n) is 3.85. The van der Waals surface area contributed by atoms with Gasteiger partial charge in [0, 0.05) is 30.2 Å². The number of aryl methyl sites for hydroxylation is 2. The zero-order chi connectivity index (χ0) is 24.5. The first kappa shape index (κ1) is 25.1. The number of unbranched alkanes of at least 4 members (excludes halogenated alkanes) is 3. The van der Waals surface area contributed by atoms with E-state index in [4.69, 9.17) is 5.21 Å². The Kier molecular flexibility index (Phi) is 8.93. The topological polar surface area (TPSA) is 100 Å². The number of aromatic nitrogens is 1. The highest BCUT2D eigenvalue weighted by molar-refractivity contribution is 6.05. The Labute approximate surface area is 197 Å². The Morgan fingerprint density at radius 3 is 2.50 bits per heavy atom. The first-order chi connectivity index (χ1) is 16.4. The van der Waals surface area contributed by atoms with Crippen molar-refractivity contribution in [3.05, 3.63) is 75.8 Å². The molecule has 0 unspecified atom stereocenters. The monoisotopic (exact) mass is 467 g/mol. The van der Waals surface area contributed by atoms with Crippen molar-refractivity contribution in [2.45, 2.75) is 58.4 Å². The number of hydrogen-bond donors (Lipinski definition) is 3. The van der Waals surface area contributed by atoms with Gasteiger partial charge in [0.25, 0.3) is 5.91 Å². The predicted octanol–water partition coefficient (Wildman–Crippen LogP) is 4.80. The number of halogens is 1. The normalized spacial score (nSPS) is 10.9. The zero-order valence-electron chi connectivity index (χ0n) is 19.3. The number of nitrogens with one attached hydrogen (secondary N) is 2. The molecule has 180 valence electrons. The molecular weight excluding hydrogens is 437 g/mol. The summed E-state index contributed by atoms with van der Waals surface area (Å²) in [5.41, 5.74) is 3.31. The molecule has 0 saturated carbocycles. The van der Waals surface area contributed by atoms with Gasteiger partial charge in [0.15, 0.2) is 0 Å². The summed E-state index contributed by atoms with van der Waals surface area (Å²) in [5, 5.41) is 11.5. The minimum Gasteiger partial charge on any atom is -0.346 e. The Bertz CT molecular complexity index is 1210. The summed E-state index contributed by atoms with van der Waals surface area (Å²) in [6, 6.07) is 11.5. The summed E-state index contributed by atoms with van der Waals surface area (Å²) < 4.78 is 15.7. The van der Waals surface area contributed by atoms with Crippen LogP contribution in [0.4, 0.5) is 10.1 Å². The van der Waals surface area contributed by atoms with Crippen molar-refractivity contribution < 1.29 is 19.2 Å². The molecule has 3 N–H and O–H groups in total. The lowest BCUT2D eigenvalue weighted by atomic mass is 10.1. The zero-order valence-corrected chi connectivity index (χ0v) is 19.3. The van der Waals surface area contributed by atoms with Gasteiger partial charge in [0.05, 0.1) is 5.52 Å². The third kappa shape index (κ3) is 6.51. The van der Waals surface area contributed by atoms with Crippen molar-refractivity contribution in [3.63, 3.8) is 0 Å². The van der Waals surface area contributed by atoms with E-state index in [2.05, 4.69) is 12.2 Å². The van der Waals surface area contributed by atoms with Crippen LogP contribution in [-0.4, -0.2) is 21.6 Å². The van der Waals surface area contributed by atoms with Crippen molar-refractivity contribution in [1.29, 1.82) is 0 Å². The maximum absolute atomic E-state index is 13.9. The van der Waals surface area contributed by atoms with Crippen molar-refractivity contribution >= 4 is 28.4 Å². The van der Waals surface area contributed by atoms with Crippen LogP contribution in [0.1, 0.15) is 61.4 Å². The maximum atomic E-state index is 13.9. The Balaban J connectivity index is 1.80. The SMILES string of the molecule is CCCCc1ccc(NC(=O)c2cn(CCCCCC(=O)NO)c3ccc(F)cc3c2=O)cc1. The van der Waals surface area contributed by atoms with Crippen LogP contribution in [0.5, 0.6) is 0 Å². The van der Waals surface area contributed by atoms with Gasteiger partial charge in [-0.05, 0) is 61.6 Å². The smallest absolute Gasteiger partial charge is 0.261 e. The number of rotatable bonds is 11. The molecule has 2 aromatic carbocycles. The van der Waals surface area contributed by atoms with Gasteiger partial charge in [0.2, 0.25) is 11.3 Å². The van der Waals surface area contributed by atoms with Crippen molar-refractivity contribution in [1.82, 2.24) is 10.0 Å². The van der Waals surface area contributed by atoms with Crippen LogP contribution in [0, 0.1) is 5.82 Å². The third-order valence-electron chi connectivity index (χ3n) is 5.75. The van der Waals surface area contributed by atoms with E-state index in [0.29, 0.717) is 37.0 Å². The van der Waals surface area contributed by atoms with Crippen LogP contribution >= 0.6 is 0 Å². The average molecular weight is 468 g/mol. The molecule has 3 rings (SSSR count). The van der Waals surface area contributed by atoms with Gasteiger partial charge < -0.3 is 9.88 Å². The fourth-order valence-corrected chi connectivity index (χ4v) is 3.85. The van der Waals surface area contributed by atoms with Crippen LogP contribution in [-0.2, 0) is 17.8 Å². The van der Waals surface area contributed by atoms with Gasteiger partial charge in [-0.15, -0.1) is 0 Å². The quantitative estimate of drug-likeness (QED) is 0.214. The molecule has 8 heteroatoms. The second kappa shape index (κ2) is 12.1. The highest BCUT2D eigenvalue weighted by Gasteiger charge is 2.16. The number of nitrogens with zero attached hydrogens (tertiary/aromatic N) is 1. The van der Waals surface area contributed by atoms with Crippen LogP contribution in [0.15, 0.2) is 53.5 Å². The van der Waals surface area contributed by atoms with E-state index >= 15 is 0 Å². The molecule has 3 aromatic rings. The molecule has 0 atom stereocenters. The molecular formula is C26H30FN3O4. The number of hydroxylamine groups is 1. The van der Waals surface area contributed by atoms with Crippen LogP contribution in [0.2, 0.25) is 0 Å². The largest absolute Gasteiger partial charge is 0.346 e. The number of carbonyl (C=O) groups is 2. The molecule has 0 spiro atoms. The first-order valence-corrected chi connectivity index (χ1v) is 11.6. The molecule has 0 aliphatic carbocycles. The molecule has 34 heavy (non-hydrogen) atoms. The fraction of sp³-hybridized carbons (Fsp3) is 0.346. The number of amides is 2. The van der Waals surface area contributed by atoms with Gasteiger partial charge in [-0.2, -0.15) is 0 Å². The number of pyridine rings is 1. The highest BCUT2D eigenvalue weighted by atomic mass is 19.1. The molecule has 2 amide bonds. The van der Waals surface area contributed by atoms with Crippen molar-refractivity contribution in [3.8, 4) is 0 Å². The van der Waals surface area contributed by atoms with Gasteiger partial charge in [-0.25, -0.2) is 9.87 Å². The summed E-state index contributed by atoms with van der Waals surface area (Å²) in [4.78, 5) is 37.1. The molecule has 0 bridgehead atoms. The lowest BCUT2D eigenvalue weighted by Gasteiger charge is -2.14. The molecule has 1 heterocycles. The summed E-state index contributed by atoms with van der Waals surface area (Å²) in [6.07, 6.45) is 6.84. The molecule has 0 aliphatic rings. The van der Waals surface area contributed by atoms with Crippen molar-refractivity contribution in [2.75, 3.05) is 5.32 Å². The highest BCUT2D eigenvalue weighted by Crippen LogP contribution is 2.17. The molecule has 7 nitrogen and oxygen atoms in total. The second-order valence-corrected chi connectivity index (χ2v) is 8.33. The predicted molar refractivity (Wildman–Crippen MR) is 130 cm³/mol. The van der Waals surface area contributed by atoms with Crippen LogP contribution in [0.3, 0.4) is 0 Å². The Hall–Kier alpha value is -3.52. The maximum Gasteiger partial charge on any atom is 0.261 e. The third-order valence-corrected chi connectivity index (χ3v) is 5.75. The lowest BCUT2D eigenvalue weighted by molar-refractivity contribution is -0.129. The number of anilines is 1. The van der Waals surface area contributed by atoms with E-state index in [1.165, 1.54) is 23.9 Å². The van der Waals surface area contributed by atoms with Crippen LogP contribution in [0.25, 0.3) is 10.9 Å². The summed E-state index contributed by atoms with van der Waals surface area (Å²) in [5.74, 6) is -1.54. The van der Waals surface area contributed by atoms with E-state index in [9.17, 15) is 18.8 Å². The minimum atomic E-state index is -0.550. The average Bonchev–Trinajstić information content (AvgIpc) is 2.84. The number of fused-ring (bicyclic) bond motifs is 1.